The Labute approximate surface area is 323 Å². The van der Waals surface area contributed by atoms with E-state index < -0.39 is 0 Å². The molecular formula is C48H48IrN2O-2. The number of aryl methyl sites for hydroxylation is 1. The maximum atomic E-state index is 6.44. The van der Waals surface area contributed by atoms with Crippen LogP contribution in [0.15, 0.2) is 120 Å². The molecule has 4 aromatic carbocycles. The number of pyridine rings is 2. The summed E-state index contributed by atoms with van der Waals surface area (Å²) in [6.45, 7) is 11.1. The maximum absolute atomic E-state index is 6.44. The average Bonchev–Trinajstić information content (AvgIpc) is 3.56. The molecule has 1 aliphatic carbocycles. The predicted octanol–water partition coefficient (Wildman–Crippen LogP) is 12.9. The molecule has 0 spiro atoms. The van der Waals surface area contributed by atoms with Crippen LogP contribution in [0.5, 0.6) is 0 Å². The largest absolute Gasteiger partial charge is 0.501 e. The van der Waals surface area contributed by atoms with E-state index in [0.717, 1.165) is 45.0 Å². The van der Waals surface area contributed by atoms with Crippen LogP contribution >= 0.6 is 0 Å². The fourth-order valence-electron chi connectivity index (χ4n) is 7.64. The standard InChI is InChI=1S/C29H26NO.C19H22N.Ir/c1-19(2)20-16-17-30-25(18-20)22-12-8-13-23-27-24(14-9-15-26(27)31-28(22)23)29(3,4)21-10-6-5-7-11-21;1-15-14-20-19(17-10-6-3-7-11-17)13-18(15)12-16-8-4-2-5-9-16;/h5-11,13-19H,1-4H3;3,6-7,10,13-14,16H,2,4-5,8-9,12H2,1H3;/q2*-1;. The van der Waals surface area contributed by atoms with E-state index >= 15 is 0 Å². The van der Waals surface area contributed by atoms with E-state index in [-0.39, 0.29) is 25.5 Å². The van der Waals surface area contributed by atoms with Crippen LogP contribution in [-0.2, 0) is 31.9 Å². The van der Waals surface area contributed by atoms with Gasteiger partial charge in [-0.05, 0) is 65.4 Å². The molecule has 52 heavy (non-hydrogen) atoms. The Morgan fingerprint density at radius 3 is 2.35 bits per heavy atom. The molecule has 0 N–H and O–H groups in total. The van der Waals surface area contributed by atoms with E-state index in [1.54, 1.807) is 0 Å². The fraction of sp³-hybridized carbons (Fsp3) is 0.292. The van der Waals surface area contributed by atoms with E-state index in [2.05, 4.69) is 136 Å². The van der Waals surface area contributed by atoms with Gasteiger partial charge in [-0.3, -0.25) is 0 Å². The summed E-state index contributed by atoms with van der Waals surface area (Å²) in [5, 5.41) is 2.28. The fourth-order valence-corrected chi connectivity index (χ4v) is 7.64. The number of nitrogens with zero attached hydrogens (tertiary/aromatic N) is 2. The Bertz CT molecular complexity index is 2230. The number of rotatable bonds is 7. The van der Waals surface area contributed by atoms with Crippen molar-refractivity contribution in [3.63, 3.8) is 0 Å². The Morgan fingerprint density at radius 1 is 0.808 bits per heavy atom. The number of aromatic nitrogens is 2. The minimum atomic E-state index is -0.160. The van der Waals surface area contributed by atoms with Crippen molar-refractivity contribution < 1.29 is 24.5 Å². The first-order valence-corrected chi connectivity index (χ1v) is 18.6. The van der Waals surface area contributed by atoms with E-state index in [1.165, 1.54) is 71.7 Å². The van der Waals surface area contributed by atoms with Crippen LogP contribution in [-0.4, -0.2) is 9.97 Å². The molecule has 0 unspecified atom stereocenters. The summed E-state index contributed by atoms with van der Waals surface area (Å²) in [5.41, 5.74) is 12.2. The predicted molar refractivity (Wildman–Crippen MR) is 212 cm³/mol. The van der Waals surface area contributed by atoms with Gasteiger partial charge in [0.05, 0.1) is 5.58 Å². The van der Waals surface area contributed by atoms with E-state index in [4.69, 9.17) is 4.42 Å². The molecule has 8 rings (SSSR count). The quantitative estimate of drug-likeness (QED) is 0.150. The smallest absolute Gasteiger partial charge is 0.121 e. The van der Waals surface area contributed by atoms with Crippen LogP contribution in [0, 0.1) is 25.0 Å². The van der Waals surface area contributed by atoms with Gasteiger partial charge in [0.2, 0.25) is 0 Å². The average molecular weight is 861 g/mol. The van der Waals surface area contributed by atoms with Gasteiger partial charge in [0.25, 0.3) is 0 Å². The molecule has 3 heterocycles. The minimum Gasteiger partial charge on any atom is -0.501 e. The van der Waals surface area contributed by atoms with Gasteiger partial charge in [-0.1, -0.05) is 136 Å². The van der Waals surface area contributed by atoms with Crippen molar-refractivity contribution in [1.82, 2.24) is 9.97 Å². The van der Waals surface area contributed by atoms with Gasteiger partial charge in [0, 0.05) is 43.3 Å². The molecule has 1 aliphatic rings. The SMILES string of the molecule is CC(C)c1ccnc(-c2[c-]ccc3c2oc2cccc(C(C)(C)c4ccccc4)c23)c1.Cc1cnc(-c2[c-]cccc2)cc1CC1CCCCC1.[Ir]. The topological polar surface area (TPSA) is 38.9 Å². The summed E-state index contributed by atoms with van der Waals surface area (Å²) in [6, 6.07) is 42.4. The van der Waals surface area contributed by atoms with E-state index in [9.17, 15) is 0 Å². The third-order valence-electron chi connectivity index (χ3n) is 10.8. The van der Waals surface area contributed by atoms with Crippen molar-refractivity contribution in [3.05, 3.63) is 155 Å². The Balaban J connectivity index is 0.000000192. The van der Waals surface area contributed by atoms with Crippen LogP contribution < -0.4 is 0 Å². The number of fused-ring (bicyclic) bond motifs is 3. The molecule has 3 aromatic heterocycles. The van der Waals surface area contributed by atoms with Crippen molar-refractivity contribution in [1.29, 1.82) is 0 Å². The van der Waals surface area contributed by atoms with Gasteiger partial charge < -0.3 is 14.4 Å². The Hall–Kier alpha value is -4.37. The summed E-state index contributed by atoms with van der Waals surface area (Å²) in [6.07, 6.45) is 12.2. The minimum absolute atomic E-state index is 0. The molecule has 267 valence electrons. The van der Waals surface area contributed by atoms with Crippen LogP contribution in [0.2, 0.25) is 0 Å². The second-order valence-corrected chi connectivity index (χ2v) is 15.0. The summed E-state index contributed by atoms with van der Waals surface area (Å²) in [4.78, 5) is 9.21. The molecule has 0 bridgehead atoms. The number of furan rings is 1. The summed E-state index contributed by atoms with van der Waals surface area (Å²) < 4.78 is 6.44. The molecule has 0 aliphatic heterocycles. The third-order valence-corrected chi connectivity index (χ3v) is 10.8. The Morgan fingerprint density at radius 2 is 1.60 bits per heavy atom. The first-order valence-electron chi connectivity index (χ1n) is 18.6. The van der Waals surface area contributed by atoms with E-state index in [1.807, 2.05) is 36.7 Å². The first-order chi connectivity index (χ1) is 24.8. The van der Waals surface area contributed by atoms with Gasteiger partial charge in [-0.15, -0.1) is 54.1 Å². The van der Waals surface area contributed by atoms with E-state index in [0.29, 0.717) is 5.92 Å². The molecule has 1 saturated carbocycles. The molecular weight excluding hydrogens is 813 g/mol. The van der Waals surface area contributed by atoms with Crippen LogP contribution in [0.4, 0.5) is 0 Å². The molecule has 4 heteroatoms. The summed E-state index contributed by atoms with van der Waals surface area (Å²) >= 11 is 0. The van der Waals surface area contributed by atoms with Crippen molar-refractivity contribution in [2.24, 2.45) is 5.92 Å². The molecule has 7 aromatic rings. The zero-order valence-corrected chi connectivity index (χ0v) is 33.4. The molecule has 1 fully saturated rings. The maximum Gasteiger partial charge on any atom is 0.121 e. The first kappa shape index (κ1) is 37.4. The van der Waals surface area contributed by atoms with Gasteiger partial charge in [-0.25, -0.2) is 0 Å². The van der Waals surface area contributed by atoms with Crippen LogP contribution in [0.3, 0.4) is 0 Å². The second-order valence-electron chi connectivity index (χ2n) is 15.0. The number of benzene rings is 4. The van der Waals surface area contributed by atoms with Gasteiger partial charge in [-0.2, -0.15) is 0 Å². The number of hydrogen-bond acceptors (Lipinski definition) is 3. The monoisotopic (exact) mass is 861 g/mol. The molecule has 1 radical (unpaired) electrons. The van der Waals surface area contributed by atoms with Crippen molar-refractivity contribution in [3.8, 4) is 22.5 Å². The molecule has 0 amide bonds. The van der Waals surface area contributed by atoms with Crippen LogP contribution in [0.25, 0.3) is 44.5 Å². The normalized spacial score (nSPS) is 13.5. The number of hydrogen-bond donors (Lipinski definition) is 0. The Kier molecular flexibility index (Phi) is 11.9. The van der Waals surface area contributed by atoms with Gasteiger partial charge in [0.15, 0.2) is 0 Å². The molecule has 3 nitrogen and oxygen atoms in total. The second kappa shape index (κ2) is 16.5. The zero-order chi connectivity index (χ0) is 35.4. The van der Waals surface area contributed by atoms with Crippen molar-refractivity contribution in [2.75, 3.05) is 0 Å². The van der Waals surface area contributed by atoms with Gasteiger partial charge in [0.1, 0.15) is 5.58 Å². The van der Waals surface area contributed by atoms with Crippen molar-refractivity contribution in [2.45, 2.75) is 84.5 Å². The summed E-state index contributed by atoms with van der Waals surface area (Å²) in [7, 11) is 0. The molecule has 0 atom stereocenters. The van der Waals surface area contributed by atoms with Gasteiger partial charge >= 0.3 is 0 Å². The summed E-state index contributed by atoms with van der Waals surface area (Å²) in [5.74, 6) is 1.31. The zero-order valence-electron chi connectivity index (χ0n) is 31.0. The van der Waals surface area contributed by atoms with Crippen LogP contribution in [0.1, 0.15) is 93.5 Å². The third kappa shape index (κ3) is 7.99. The van der Waals surface area contributed by atoms with Crippen molar-refractivity contribution >= 4 is 21.9 Å². The molecule has 0 saturated heterocycles.